The van der Waals surface area contributed by atoms with Crippen molar-refractivity contribution in [3.05, 3.63) is 39.3 Å². The van der Waals surface area contributed by atoms with Crippen molar-refractivity contribution in [3.8, 4) is 0 Å². The van der Waals surface area contributed by atoms with Gasteiger partial charge in [0.2, 0.25) is 9.47 Å². The number of carbonyl (C=O) groups excluding carboxylic acids is 1. The highest BCUT2D eigenvalue weighted by Crippen LogP contribution is 2.21. The molecule has 2 aromatic rings. The van der Waals surface area contributed by atoms with E-state index in [4.69, 9.17) is 11.6 Å². The molecule has 0 unspecified atom stereocenters. The molecule has 1 amide bonds. The Kier molecular flexibility index (Phi) is 3.93. The summed E-state index contributed by atoms with van der Waals surface area (Å²) in [4.78, 5) is 13.9. The van der Waals surface area contributed by atoms with Crippen molar-refractivity contribution in [3.63, 3.8) is 0 Å². The first kappa shape index (κ1) is 13.0. The second kappa shape index (κ2) is 5.46. The van der Waals surface area contributed by atoms with Gasteiger partial charge in [-0.2, -0.15) is 0 Å². The van der Waals surface area contributed by atoms with E-state index in [9.17, 15) is 4.79 Å². The molecule has 18 heavy (non-hydrogen) atoms. The van der Waals surface area contributed by atoms with Gasteiger partial charge < -0.3 is 4.90 Å². The highest BCUT2D eigenvalue weighted by molar-refractivity contribution is 7.17. The van der Waals surface area contributed by atoms with Crippen LogP contribution in [0.25, 0.3) is 0 Å². The normalized spacial score (nSPS) is 10.4. The SMILES string of the molecule is CCN(C(=O)c1nnc(Cl)s1)c1cccc(C)c1. The Morgan fingerprint density at radius 1 is 1.44 bits per heavy atom. The van der Waals surface area contributed by atoms with E-state index in [-0.39, 0.29) is 10.4 Å². The minimum Gasteiger partial charge on any atom is -0.307 e. The lowest BCUT2D eigenvalue weighted by Crippen LogP contribution is -2.30. The van der Waals surface area contributed by atoms with Crippen molar-refractivity contribution >= 4 is 34.5 Å². The second-order valence-electron chi connectivity index (χ2n) is 3.75. The van der Waals surface area contributed by atoms with Crippen molar-refractivity contribution < 1.29 is 4.79 Å². The van der Waals surface area contributed by atoms with Crippen molar-refractivity contribution in [2.24, 2.45) is 0 Å². The Morgan fingerprint density at radius 3 is 2.78 bits per heavy atom. The van der Waals surface area contributed by atoms with Crippen molar-refractivity contribution in [1.29, 1.82) is 0 Å². The number of halogens is 1. The smallest absolute Gasteiger partial charge is 0.289 e. The van der Waals surface area contributed by atoms with Crippen LogP contribution in [-0.2, 0) is 0 Å². The molecule has 0 spiro atoms. The Morgan fingerprint density at radius 2 is 2.22 bits per heavy atom. The number of rotatable bonds is 3. The molecule has 4 nitrogen and oxygen atoms in total. The fourth-order valence-corrected chi connectivity index (χ4v) is 2.42. The van der Waals surface area contributed by atoms with Gasteiger partial charge in [-0.3, -0.25) is 4.79 Å². The van der Waals surface area contributed by atoms with E-state index in [0.29, 0.717) is 11.6 Å². The van der Waals surface area contributed by atoms with E-state index in [1.807, 2.05) is 38.1 Å². The molecule has 1 heterocycles. The zero-order valence-corrected chi connectivity index (χ0v) is 11.6. The molecule has 0 N–H and O–H groups in total. The molecule has 6 heteroatoms. The van der Waals surface area contributed by atoms with Crippen LogP contribution in [0, 0.1) is 6.92 Å². The van der Waals surface area contributed by atoms with E-state index < -0.39 is 0 Å². The lowest BCUT2D eigenvalue weighted by atomic mass is 10.2. The quantitative estimate of drug-likeness (QED) is 0.868. The van der Waals surface area contributed by atoms with Crippen molar-refractivity contribution in [2.45, 2.75) is 13.8 Å². The third kappa shape index (κ3) is 2.68. The fourth-order valence-electron chi connectivity index (χ4n) is 1.65. The standard InChI is InChI=1S/C12H12ClN3OS/c1-3-16(9-6-4-5-8(2)7-9)11(17)10-14-15-12(13)18-10/h4-7H,3H2,1-2H3. The molecule has 0 radical (unpaired) electrons. The highest BCUT2D eigenvalue weighted by Gasteiger charge is 2.20. The van der Waals surface area contributed by atoms with Crippen LogP contribution in [0.2, 0.25) is 4.47 Å². The monoisotopic (exact) mass is 281 g/mol. The Labute approximate surface area is 114 Å². The summed E-state index contributed by atoms with van der Waals surface area (Å²) in [6.45, 7) is 4.48. The molecule has 0 saturated carbocycles. The summed E-state index contributed by atoms with van der Waals surface area (Å²) >= 11 is 6.79. The number of nitrogens with zero attached hydrogens (tertiary/aromatic N) is 3. The Hall–Kier alpha value is -1.46. The summed E-state index contributed by atoms with van der Waals surface area (Å²) in [5.41, 5.74) is 1.96. The maximum atomic E-state index is 12.3. The van der Waals surface area contributed by atoms with E-state index in [1.54, 1.807) is 4.90 Å². The van der Waals surface area contributed by atoms with E-state index >= 15 is 0 Å². The largest absolute Gasteiger partial charge is 0.307 e. The van der Waals surface area contributed by atoms with Gasteiger partial charge in [0, 0.05) is 12.2 Å². The summed E-state index contributed by atoms with van der Waals surface area (Å²) in [5.74, 6) is -0.174. The second-order valence-corrected chi connectivity index (χ2v) is 5.31. The molecule has 1 aromatic carbocycles. The maximum Gasteiger partial charge on any atom is 0.289 e. The maximum absolute atomic E-state index is 12.3. The molecular formula is C12H12ClN3OS. The summed E-state index contributed by atoms with van der Waals surface area (Å²) in [7, 11) is 0. The summed E-state index contributed by atoms with van der Waals surface area (Å²) in [6, 6.07) is 7.78. The topological polar surface area (TPSA) is 46.1 Å². The first-order valence-electron chi connectivity index (χ1n) is 5.49. The van der Waals surface area contributed by atoms with Gasteiger partial charge >= 0.3 is 0 Å². The molecule has 0 aliphatic carbocycles. The van der Waals surface area contributed by atoms with Crippen LogP contribution in [-0.4, -0.2) is 22.6 Å². The Bertz CT molecular complexity index is 570. The lowest BCUT2D eigenvalue weighted by Gasteiger charge is -2.19. The number of carbonyl (C=O) groups is 1. The van der Waals surface area contributed by atoms with Gasteiger partial charge in [-0.1, -0.05) is 23.5 Å². The molecular weight excluding hydrogens is 270 g/mol. The van der Waals surface area contributed by atoms with Gasteiger partial charge in [0.15, 0.2) is 0 Å². The highest BCUT2D eigenvalue weighted by atomic mass is 35.5. The van der Waals surface area contributed by atoms with Gasteiger partial charge in [0.05, 0.1) is 0 Å². The molecule has 94 valence electrons. The van der Waals surface area contributed by atoms with Crippen molar-refractivity contribution in [1.82, 2.24) is 10.2 Å². The average Bonchev–Trinajstić information content (AvgIpc) is 2.77. The minimum atomic E-state index is -0.174. The first-order valence-corrected chi connectivity index (χ1v) is 6.68. The number of amides is 1. The molecule has 0 atom stereocenters. The predicted molar refractivity (Wildman–Crippen MR) is 73.4 cm³/mol. The minimum absolute atomic E-state index is 0.174. The molecule has 2 rings (SSSR count). The number of aromatic nitrogens is 2. The van der Waals surface area contributed by atoms with Crippen molar-refractivity contribution in [2.75, 3.05) is 11.4 Å². The van der Waals surface area contributed by atoms with Gasteiger partial charge in [-0.25, -0.2) is 0 Å². The zero-order valence-electron chi connectivity index (χ0n) is 10.1. The van der Waals surface area contributed by atoms with Crippen LogP contribution < -0.4 is 4.90 Å². The number of hydrogen-bond acceptors (Lipinski definition) is 4. The third-order valence-electron chi connectivity index (χ3n) is 2.46. The van der Waals surface area contributed by atoms with Gasteiger partial charge in [-0.05, 0) is 43.1 Å². The summed E-state index contributed by atoms with van der Waals surface area (Å²) in [6.07, 6.45) is 0. The van der Waals surface area contributed by atoms with Crippen LogP contribution in [0.3, 0.4) is 0 Å². The average molecular weight is 282 g/mol. The number of hydrogen-bond donors (Lipinski definition) is 0. The predicted octanol–water partition coefficient (Wildman–Crippen LogP) is 3.17. The Balaban J connectivity index is 2.31. The van der Waals surface area contributed by atoms with E-state index in [2.05, 4.69) is 10.2 Å². The molecule has 0 fully saturated rings. The van der Waals surface area contributed by atoms with Gasteiger partial charge in [0.25, 0.3) is 5.91 Å². The zero-order chi connectivity index (χ0) is 13.1. The molecule has 1 aromatic heterocycles. The number of anilines is 1. The number of benzene rings is 1. The molecule has 0 aliphatic rings. The van der Waals surface area contributed by atoms with Crippen LogP contribution in [0.4, 0.5) is 5.69 Å². The van der Waals surface area contributed by atoms with Crippen LogP contribution in [0.1, 0.15) is 22.3 Å². The first-order chi connectivity index (χ1) is 8.61. The number of aryl methyl sites for hydroxylation is 1. The summed E-state index contributed by atoms with van der Waals surface area (Å²) in [5, 5.41) is 7.74. The van der Waals surface area contributed by atoms with E-state index in [0.717, 1.165) is 22.6 Å². The molecule has 0 bridgehead atoms. The fraction of sp³-hybridized carbons (Fsp3) is 0.250. The van der Waals surface area contributed by atoms with Crippen LogP contribution >= 0.6 is 22.9 Å². The van der Waals surface area contributed by atoms with Gasteiger partial charge in [0.1, 0.15) is 0 Å². The molecule has 0 aliphatic heterocycles. The third-order valence-corrected chi connectivity index (χ3v) is 3.46. The lowest BCUT2D eigenvalue weighted by molar-refractivity contribution is 0.0987. The summed E-state index contributed by atoms with van der Waals surface area (Å²) < 4.78 is 0.277. The van der Waals surface area contributed by atoms with Crippen LogP contribution in [0.15, 0.2) is 24.3 Å². The van der Waals surface area contributed by atoms with Crippen LogP contribution in [0.5, 0.6) is 0 Å². The van der Waals surface area contributed by atoms with Gasteiger partial charge in [-0.15, -0.1) is 10.2 Å². The molecule has 0 saturated heterocycles. The van der Waals surface area contributed by atoms with E-state index in [1.165, 1.54) is 0 Å².